The van der Waals surface area contributed by atoms with Crippen LogP contribution in [0.25, 0.3) is 11.6 Å². The van der Waals surface area contributed by atoms with Crippen molar-refractivity contribution in [3.63, 3.8) is 0 Å². The molecule has 2 aromatic carbocycles. The lowest BCUT2D eigenvalue weighted by atomic mass is 9.93. The topological polar surface area (TPSA) is 12.9 Å². The number of rotatable bonds is 1. The summed E-state index contributed by atoms with van der Waals surface area (Å²) in [6.45, 7) is 0. The predicted octanol–water partition coefficient (Wildman–Crippen LogP) is 4.91. The number of aromatic nitrogens is 1. The van der Waals surface area contributed by atoms with Crippen LogP contribution >= 0.6 is 0 Å². The molecule has 0 aliphatic heterocycles. The Morgan fingerprint density at radius 1 is 0.870 bits per heavy atom. The Morgan fingerprint density at radius 2 is 1.74 bits per heavy atom. The van der Waals surface area contributed by atoms with Crippen molar-refractivity contribution >= 4 is 11.6 Å². The van der Waals surface area contributed by atoms with Gasteiger partial charge in [0.25, 0.3) is 0 Å². The van der Waals surface area contributed by atoms with Crippen LogP contribution in [0.2, 0.25) is 0 Å². The maximum Gasteiger partial charge on any atom is 0.123 e. The van der Waals surface area contributed by atoms with E-state index in [1.54, 1.807) is 12.1 Å². The number of nitrogens with zero attached hydrogens (tertiary/aromatic N) is 1. The van der Waals surface area contributed by atoms with E-state index in [4.69, 9.17) is 0 Å². The average Bonchev–Trinajstić information content (AvgIpc) is 2.73. The lowest BCUT2D eigenvalue weighted by Gasteiger charge is -2.11. The number of halogens is 1. The Balaban J connectivity index is 1.97. The summed E-state index contributed by atoms with van der Waals surface area (Å²) in [5.74, 6) is -0.179. The van der Waals surface area contributed by atoms with Crippen LogP contribution in [-0.2, 0) is 12.8 Å². The lowest BCUT2D eigenvalue weighted by molar-refractivity contribution is 0.625. The summed E-state index contributed by atoms with van der Waals surface area (Å²) in [6.07, 6.45) is 5.64. The average molecular weight is 301 g/mol. The maximum atomic E-state index is 13.7. The summed E-state index contributed by atoms with van der Waals surface area (Å²) >= 11 is 0. The molecular weight excluding hydrogens is 285 g/mol. The second kappa shape index (κ2) is 5.81. The van der Waals surface area contributed by atoms with Crippen molar-refractivity contribution in [1.29, 1.82) is 0 Å². The molecule has 0 amide bonds. The number of hydrogen-bond acceptors (Lipinski definition) is 1. The first-order chi connectivity index (χ1) is 11.3. The number of fused-ring (bicyclic) bond motifs is 2. The van der Waals surface area contributed by atoms with Gasteiger partial charge in [-0.25, -0.2) is 4.39 Å². The van der Waals surface area contributed by atoms with E-state index in [1.807, 2.05) is 36.5 Å². The highest BCUT2D eigenvalue weighted by molar-refractivity contribution is 5.93. The number of aryl methyl sites for hydroxylation is 2. The van der Waals surface area contributed by atoms with E-state index < -0.39 is 0 Å². The van der Waals surface area contributed by atoms with Gasteiger partial charge in [-0.2, -0.15) is 0 Å². The van der Waals surface area contributed by atoms with Crippen molar-refractivity contribution in [3.8, 4) is 0 Å². The van der Waals surface area contributed by atoms with E-state index in [2.05, 4.69) is 29.3 Å². The van der Waals surface area contributed by atoms with E-state index in [9.17, 15) is 4.39 Å². The van der Waals surface area contributed by atoms with Crippen LogP contribution in [0.15, 0.2) is 66.9 Å². The highest BCUT2D eigenvalue weighted by Gasteiger charge is 2.19. The van der Waals surface area contributed by atoms with Gasteiger partial charge in [0.15, 0.2) is 0 Å². The van der Waals surface area contributed by atoms with Gasteiger partial charge in [0, 0.05) is 17.5 Å². The van der Waals surface area contributed by atoms with Crippen molar-refractivity contribution in [1.82, 2.24) is 4.98 Å². The second-order valence-corrected chi connectivity index (χ2v) is 5.77. The van der Waals surface area contributed by atoms with Gasteiger partial charge < -0.3 is 0 Å². The van der Waals surface area contributed by atoms with Gasteiger partial charge in [0.2, 0.25) is 0 Å². The molecule has 0 fully saturated rings. The third kappa shape index (κ3) is 2.68. The number of hydrogen-bond donors (Lipinski definition) is 0. The first kappa shape index (κ1) is 13.9. The zero-order valence-electron chi connectivity index (χ0n) is 12.7. The minimum atomic E-state index is -0.179. The zero-order chi connectivity index (χ0) is 15.6. The summed E-state index contributed by atoms with van der Waals surface area (Å²) < 4.78 is 13.7. The van der Waals surface area contributed by atoms with Crippen LogP contribution in [-0.4, -0.2) is 4.98 Å². The molecule has 0 atom stereocenters. The third-order valence-electron chi connectivity index (χ3n) is 4.28. The molecule has 112 valence electrons. The highest BCUT2D eigenvalue weighted by atomic mass is 19.1. The molecule has 0 radical (unpaired) electrons. The molecule has 1 aliphatic carbocycles. The molecule has 0 spiro atoms. The van der Waals surface area contributed by atoms with Gasteiger partial charge in [-0.05, 0) is 59.4 Å². The second-order valence-electron chi connectivity index (χ2n) is 5.77. The minimum absolute atomic E-state index is 0.179. The number of pyridine rings is 1. The van der Waals surface area contributed by atoms with E-state index in [0.29, 0.717) is 0 Å². The Hall–Kier alpha value is -2.74. The fourth-order valence-electron chi connectivity index (χ4n) is 3.18. The first-order valence-corrected chi connectivity index (χ1v) is 7.81. The Bertz CT molecular complexity index is 881. The molecule has 1 aliphatic rings. The number of benzene rings is 2. The van der Waals surface area contributed by atoms with E-state index in [-0.39, 0.29) is 5.82 Å². The van der Waals surface area contributed by atoms with Crippen molar-refractivity contribution in [2.24, 2.45) is 0 Å². The largest absolute Gasteiger partial charge is 0.261 e. The summed E-state index contributed by atoms with van der Waals surface area (Å²) in [7, 11) is 0. The first-order valence-electron chi connectivity index (χ1n) is 7.81. The maximum absolute atomic E-state index is 13.7. The van der Waals surface area contributed by atoms with E-state index >= 15 is 0 Å². The van der Waals surface area contributed by atoms with Gasteiger partial charge in [-0.1, -0.05) is 42.5 Å². The fraction of sp³-hybridized carbons (Fsp3) is 0.0952. The molecule has 2 heteroatoms. The SMILES string of the molecule is Fc1ccc2c(c1)CCc1ncccc1/C2=C\c1ccccc1. The Kier molecular flexibility index (Phi) is 3.51. The molecule has 0 bridgehead atoms. The monoisotopic (exact) mass is 301 g/mol. The normalized spacial score (nSPS) is 14.9. The molecule has 0 saturated carbocycles. The molecule has 0 saturated heterocycles. The van der Waals surface area contributed by atoms with Crippen molar-refractivity contribution in [3.05, 3.63) is 101 Å². The molecule has 0 unspecified atom stereocenters. The molecule has 4 rings (SSSR count). The molecule has 23 heavy (non-hydrogen) atoms. The van der Waals surface area contributed by atoms with Crippen LogP contribution in [0.3, 0.4) is 0 Å². The van der Waals surface area contributed by atoms with Gasteiger partial charge in [-0.15, -0.1) is 0 Å². The summed E-state index contributed by atoms with van der Waals surface area (Å²) in [5.41, 5.74) is 6.61. The van der Waals surface area contributed by atoms with Gasteiger partial charge in [-0.3, -0.25) is 4.98 Å². The fourth-order valence-corrected chi connectivity index (χ4v) is 3.18. The predicted molar refractivity (Wildman–Crippen MR) is 91.5 cm³/mol. The summed E-state index contributed by atoms with van der Waals surface area (Å²) in [5, 5.41) is 0. The summed E-state index contributed by atoms with van der Waals surface area (Å²) in [6, 6.07) is 19.4. The molecule has 1 aromatic heterocycles. The van der Waals surface area contributed by atoms with Crippen LogP contribution in [0.5, 0.6) is 0 Å². The van der Waals surface area contributed by atoms with Crippen molar-refractivity contribution in [2.75, 3.05) is 0 Å². The minimum Gasteiger partial charge on any atom is -0.261 e. The zero-order valence-corrected chi connectivity index (χ0v) is 12.7. The molecule has 0 N–H and O–H groups in total. The smallest absolute Gasteiger partial charge is 0.123 e. The molecule has 3 aromatic rings. The Labute approximate surface area is 135 Å². The van der Waals surface area contributed by atoms with Crippen LogP contribution in [0.4, 0.5) is 4.39 Å². The molecule has 1 nitrogen and oxygen atoms in total. The van der Waals surface area contributed by atoms with Crippen molar-refractivity contribution in [2.45, 2.75) is 12.8 Å². The van der Waals surface area contributed by atoms with Crippen molar-refractivity contribution < 1.29 is 4.39 Å². The highest BCUT2D eigenvalue weighted by Crippen LogP contribution is 2.34. The van der Waals surface area contributed by atoms with Crippen LogP contribution in [0.1, 0.15) is 27.9 Å². The van der Waals surface area contributed by atoms with Crippen LogP contribution in [0, 0.1) is 5.82 Å². The van der Waals surface area contributed by atoms with Gasteiger partial charge >= 0.3 is 0 Å². The molecule has 1 heterocycles. The summed E-state index contributed by atoms with van der Waals surface area (Å²) in [4.78, 5) is 4.54. The van der Waals surface area contributed by atoms with E-state index in [1.165, 1.54) is 0 Å². The third-order valence-corrected chi connectivity index (χ3v) is 4.28. The van der Waals surface area contributed by atoms with Gasteiger partial charge in [0.05, 0.1) is 0 Å². The van der Waals surface area contributed by atoms with Gasteiger partial charge in [0.1, 0.15) is 5.82 Å². The van der Waals surface area contributed by atoms with Crippen LogP contribution < -0.4 is 0 Å². The lowest BCUT2D eigenvalue weighted by Crippen LogP contribution is -1.95. The van der Waals surface area contributed by atoms with E-state index in [0.717, 1.165) is 46.4 Å². The standard InChI is InChI=1S/C21H16FN/c22-17-9-10-18-16(14-17)8-11-21-19(7-4-12-23-21)20(18)13-15-5-2-1-3-6-15/h1-7,9-10,12-14H,8,11H2/b20-13-. The Morgan fingerprint density at radius 3 is 2.61 bits per heavy atom. The quantitative estimate of drug-likeness (QED) is 0.622. The molecular formula is C21H16FN.